The van der Waals surface area contributed by atoms with Crippen LogP contribution in [0.1, 0.15) is 18.9 Å². The van der Waals surface area contributed by atoms with Crippen LogP contribution in [-0.4, -0.2) is 69.8 Å². The third-order valence-corrected chi connectivity index (χ3v) is 4.50. The van der Waals surface area contributed by atoms with Gasteiger partial charge < -0.3 is 31.9 Å². The topological polar surface area (TPSA) is 188 Å². The van der Waals surface area contributed by atoms with Gasteiger partial charge >= 0.3 is 11.9 Å². The van der Waals surface area contributed by atoms with Crippen molar-refractivity contribution >= 4 is 42.3 Å². The number of benzene rings is 1. The highest BCUT2D eigenvalue weighted by molar-refractivity contribution is 7.80. The molecule has 11 nitrogen and oxygen atoms in total. The Labute approximate surface area is 184 Å². The van der Waals surface area contributed by atoms with E-state index in [1.807, 2.05) is 0 Å². The number of rotatable bonds is 12. The molecule has 3 amide bonds. The Kier molecular flexibility index (Phi) is 10.5. The Morgan fingerprint density at radius 2 is 1.42 bits per heavy atom. The molecule has 1 rings (SSSR count). The molecule has 0 saturated carbocycles. The fourth-order valence-electron chi connectivity index (χ4n) is 2.48. The molecule has 31 heavy (non-hydrogen) atoms. The molecular formula is C19H26N4O7S. The SMILES string of the molecule is CC(N)C(=O)NC(Cc1ccccc1)C(=O)NC(CS)C(=O)NC(CC(=O)O)C(=O)O. The van der Waals surface area contributed by atoms with E-state index in [1.165, 1.54) is 6.92 Å². The summed E-state index contributed by atoms with van der Waals surface area (Å²) in [6.07, 6.45) is -0.724. The average Bonchev–Trinajstić information content (AvgIpc) is 2.70. The standard InChI is InChI=1S/C19H26N4O7S/c1-10(20)16(26)21-12(7-11-5-3-2-4-6-11)17(27)23-14(9-31)18(28)22-13(19(29)30)8-15(24)25/h2-6,10,12-14,31H,7-9,20H2,1H3,(H,21,26)(H,22,28)(H,23,27)(H,24,25)(H,29,30). The maximum atomic E-state index is 12.8. The van der Waals surface area contributed by atoms with Gasteiger partial charge in [0.25, 0.3) is 0 Å². The van der Waals surface area contributed by atoms with Crippen LogP contribution in [0.15, 0.2) is 30.3 Å². The van der Waals surface area contributed by atoms with Crippen LogP contribution >= 0.6 is 12.6 Å². The quantitative estimate of drug-likeness (QED) is 0.186. The number of amides is 3. The van der Waals surface area contributed by atoms with Gasteiger partial charge in [0.1, 0.15) is 18.1 Å². The van der Waals surface area contributed by atoms with Crippen molar-refractivity contribution in [2.45, 2.75) is 43.9 Å². The van der Waals surface area contributed by atoms with Crippen LogP contribution in [-0.2, 0) is 30.4 Å². The zero-order chi connectivity index (χ0) is 23.6. The number of carboxylic acids is 2. The van der Waals surface area contributed by atoms with Crippen molar-refractivity contribution in [3.8, 4) is 0 Å². The number of thiol groups is 1. The van der Waals surface area contributed by atoms with Crippen LogP contribution in [0.25, 0.3) is 0 Å². The normalized spacial score (nSPS) is 14.4. The summed E-state index contributed by atoms with van der Waals surface area (Å²) >= 11 is 4.00. The molecule has 0 fully saturated rings. The summed E-state index contributed by atoms with van der Waals surface area (Å²) in [6, 6.07) is 3.93. The zero-order valence-corrected chi connectivity index (χ0v) is 17.7. The number of nitrogens with one attached hydrogen (secondary N) is 3. The predicted molar refractivity (Wildman–Crippen MR) is 113 cm³/mol. The maximum Gasteiger partial charge on any atom is 0.326 e. The second kappa shape index (κ2) is 12.5. The van der Waals surface area contributed by atoms with Crippen LogP contribution in [0.4, 0.5) is 0 Å². The van der Waals surface area contributed by atoms with Crippen molar-refractivity contribution in [2.75, 3.05) is 5.75 Å². The smallest absolute Gasteiger partial charge is 0.326 e. The Hall–Kier alpha value is -3.12. The fraction of sp³-hybridized carbons (Fsp3) is 0.421. The Bertz CT molecular complexity index is 804. The van der Waals surface area contributed by atoms with E-state index in [4.69, 9.17) is 15.9 Å². The lowest BCUT2D eigenvalue weighted by molar-refractivity contribution is -0.147. The molecule has 0 aliphatic carbocycles. The van der Waals surface area contributed by atoms with Crippen molar-refractivity contribution in [1.82, 2.24) is 16.0 Å². The lowest BCUT2D eigenvalue weighted by Crippen LogP contribution is -2.58. The van der Waals surface area contributed by atoms with Crippen molar-refractivity contribution in [1.29, 1.82) is 0 Å². The van der Waals surface area contributed by atoms with E-state index in [9.17, 15) is 24.0 Å². The predicted octanol–water partition coefficient (Wildman–Crippen LogP) is -1.48. The van der Waals surface area contributed by atoms with Crippen LogP contribution in [0.3, 0.4) is 0 Å². The molecule has 0 radical (unpaired) electrons. The third kappa shape index (κ3) is 9.05. The zero-order valence-electron chi connectivity index (χ0n) is 16.8. The van der Waals surface area contributed by atoms with Crippen molar-refractivity contribution in [2.24, 2.45) is 5.73 Å². The largest absolute Gasteiger partial charge is 0.481 e. The highest BCUT2D eigenvalue weighted by Crippen LogP contribution is 2.05. The minimum Gasteiger partial charge on any atom is -0.481 e. The van der Waals surface area contributed by atoms with Gasteiger partial charge in [-0.05, 0) is 12.5 Å². The number of nitrogens with two attached hydrogens (primary N) is 1. The first kappa shape index (κ1) is 25.9. The van der Waals surface area contributed by atoms with Crippen LogP contribution < -0.4 is 21.7 Å². The molecule has 0 heterocycles. The molecule has 0 aliphatic rings. The molecule has 0 aromatic heterocycles. The van der Waals surface area contributed by atoms with Crippen molar-refractivity contribution in [3.63, 3.8) is 0 Å². The molecule has 4 unspecified atom stereocenters. The van der Waals surface area contributed by atoms with Gasteiger partial charge in [-0.15, -0.1) is 0 Å². The number of aliphatic carboxylic acids is 2. The second-order valence-electron chi connectivity index (χ2n) is 6.78. The van der Waals surface area contributed by atoms with E-state index >= 15 is 0 Å². The fourth-order valence-corrected chi connectivity index (χ4v) is 2.73. The lowest BCUT2D eigenvalue weighted by Gasteiger charge is -2.24. The maximum absolute atomic E-state index is 12.8. The molecule has 170 valence electrons. The number of carboxylic acid groups (broad SMARTS) is 2. The molecule has 1 aromatic rings. The molecule has 7 N–H and O–H groups in total. The van der Waals surface area contributed by atoms with E-state index in [0.717, 1.165) is 5.56 Å². The monoisotopic (exact) mass is 454 g/mol. The van der Waals surface area contributed by atoms with E-state index in [1.54, 1.807) is 30.3 Å². The Morgan fingerprint density at radius 3 is 1.90 bits per heavy atom. The summed E-state index contributed by atoms with van der Waals surface area (Å²) in [6.45, 7) is 1.45. The van der Waals surface area contributed by atoms with Gasteiger partial charge in [-0.2, -0.15) is 12.6 Å². The number of hydrogen-bond acceptors (Lipinski definition) is 7. The van der Waals surface area contributed by atoms with E-state index < -0.39 is 60.2 Å². The van der Waals surface area contributed by atoms with Gasteiger partial charge in [-0.1, -0.05) is 30.3 Å². The van der Waals surface area contributed by atoms with Gasteiger partial charge in [-0.3, -0.25) is 19.2 Å². The first-order valence-electron chi connectivity index (χ1n) is 9.31. The highest BCUT2D eigenvalue weighted by atomic mass is 32.1. The molecule has 0 aliphatic heterocycles. The summed E-state index contributed by atoms with van der Waals surface area (Å²) in [5.74, 6) is -5.36. The van der Waals surface area contributed by atoms with Gasteiger partial charge in [-0.25, -0.2) is 4.79 Å². The molecule has 0 saturated heterocycles. The minimum atomic E-state index is -1.68. The molecule has 0 spiro atoms. The molecule has 4 atom stereocenters. The summed E-state index contributed by atoms with van der Waals surface area (Å²) in [7, 11) is 0. The summed E-state index contributed by atoms with van der Waals surface area (Å²) < 4.78 is 0. The summed E-state index contributed by atoms with van der Waals surface area (Å²) in [5, 5.41) is 24.8. The number of carbonyl (C=O) groups excluding carboxylic acids is 3. The van der Waals surface area contributed by atoms with Gasteiger partial charge in [0.05, 0.1) is 12.5 Å². The van der Waals surface area contributed by atoms with Crippen LogP contribution in [0.5, 0.6) is 0 Å². The first-order valence-corrected chi connectivity index (χ1v) is 9.94. The van der Waals surface area contributed by atoms with Gasteiger partial charge in [0.15, 0.2) is 0 Å². The molecule has 1 aromatic carbocycles. The molecular weight excluding hydrogens is 428 g/mol. The van der Waals surface area contributed by atoms with E-state index in [2.05, 4.69) is 28.6 Å². The third-order valence-electron chi connectivity index (χ3n) is 4.14. The molecule has 0 bridgehead atoms. The second-order valence-corrected chi connectivity index (χ2v) is 7.15. The Morgan fingerprint density at radius 1 is 0.903 bits per heavy atom. The average molecular weight is 455 g/mol. The van der Waals surface area contributed by atoms with Crippen molar-refractivity contribution < 1.29 is 34.2 Å². The first-order chi connectivity index (χ1) is 14.5. The lowest BCUT2D eigenvalue weighted by atomic mass is 10.0. The van der Waals surface area contributed by atoms with E-state index in [-0.39, 0.29) is 12.2 Å². The number of carbonyl (C=O) groups is 5. The molecule has 12 heteroatoms. The van der Waals surface area contributed by atoms with Crippen LogP contribution in [0.2, 0.25) is 0 Å². The summed E-state index contributed by atoms with van der Waals surface area (Å²) in [5.41, 5.74) is 6.30. The van der Waals surface area contributed by atoms with E-state index in [0.29, 0.717) is 0 Å². The van der Waals surface area contributed by atoms with Gasteiger partial charge in [0, 0.05) is 12.2 Å². The highest BCUT2D eigenvalue weighted by Gasteiger charge is 2.30. The van der Waals surface area contributed by atoms with Crippen LogP contribution in [0, 0.1) is 0 Å². The van der Waals surface area contributed by atoms with Crippen molar-refractivity contribution in [3.05, 3.63) is 35.9 Å². The Balaban J connectivity index is 2.93. The minimum absolute atomic E-state index is 0.114. The summed E-state index contributed by atoms with van der Waals surface area (Å²) in [4.78, 5) is 59.1. The van der Waals surface area contributed by atoms with Gasteiger partial charge in [0.2, 0.25) is 17.7 Å². The number of hydrogen-bond donors (Lipinski definition) is 7.